The van der Waals surface area contributed by atoms with Crippen molar-refractivity contribution in [1.82, 2.24) is 24.8 Å². The van der Waals surface area contributed by atoms with E-state index in [0.29, 0.717) is 32.6 Å². The molecular weight excluding hydrogens is 755 g/mol. The van der Waals surface area contributed by atoms with Crippen molar-refractivity contribution in [3.8, 4) is 0 Å². The number of cyclic esters (lactones) is 1. The fraction of sp³-hybridized carbons (Fsp3) is 0.733. The summed E-state index contributed by atoms with van der Waals surface area (Å²) in [5.74, 6) is -3.85. The van der Waals surface area contributed by atoms with E-state index in [1.165, 1.54) is 12.5 Å². The minimum absolute atomic E-state index is 0.196. The number of aryl methyl sites for hydroxylation is 1. The Balaban J connectivity index is 1.39. The summed E-state index contributed by atoms with van der Waals surface area (Å²) in [7, 11) is 3.77. The minimum atomic E-state index is -1.63. The number of carbonyl (C=O) groups is 3. The first-order valence-electron chi connectivity index (χ1n) is 21.8. The van der Waals surface area contributed by atoms with Gasteiger partial charge in [0, 0.05) is 36.1 Å². The van der Waals surface area contributed by atoms with Gasteiger partial charge >= 0.3 is 12.1 Å². The summed E-state index contributed by atoms with van der Waals surface area (Å²) >= 11 is 0. The van der Waals surface area contributed by atoms with Gasteiger partial charge < -0.3 is 34.1 Å². The van der Waals surface area contributed by atoms with Crippen molar-refractivity contribution in [1.29, 1.82) is 0 Å². The monoisotopic (exact) mass is 824 g/mol. The van der Waals surface area contributed by atoms with Crippen LogP contribution in [0, 0.1) is 23.7 Å². The molecule has 328 valence electrons. The van der Waals surface area contributed by atoms with E-state index in [0.717, 1.165) is 23.7 Å². The van der Waals surface area contributed by atoms with Gasteiger partial charge in [-0.15, -0.1) is 0 Å². The number of hydrogen-bond acceptors (Lipinski definition) is 13. The molecular formula is C45H69N5O9. The van der Waals surface area contributed by atoms with Crippen LogP contribution in [-0.4, -0.2) is 147 Å². The topological polar surface area (TPSA) is 154 Å². The summed E-state index contributed by atoms with van der Waals surface area (Å²) in [6.45, 7) is 18.5. The van der Waals surface area contributed by atoms with Crippen LogP contribution in [-0.2, 0) is 35.0 Å². The van der Waals surface area contributed by atoms with Crippen LogP contribution in [0.1, 0.15) is 93.6 Å². The molecule has 0 spiro atoms. The number of ether oxygens (including phenoxy) is 4. The number of nitrogens with zero attached hydrogens (tertiary/aromatic N) is 5. The Bertz CT molecular complexity index is 1810. The fourth-order valence-corrected chi connectivity index (χ4v) is 11.0. The SMILES string of the molecule is CC[C@@H]1OC(=O)[C@H](C)C(=O)[C@H](C)[C@@H](O[C@@H]2O[C@H](C)C[C@H](N(C)C)[C@H]2O)[C@@](C)(O)C[C@@H](C)C2[C@@H](C)[C@H]3N(C(=O)O[C@]13C)N(CCCc1ccnc3ccccc13)CN2CC. The molecule has 1 unspecified atom stereocenters. The average Bonchev–Trinajstić information content (AvgIpc) is 3.38. The normalized spacial score (nSPS) is 39.2. The molecule has 0 saturated carbocycles. The van der Waals surface area contributed by atoms with Crippen LogP contribution in [0.4, 0.5) is 4.79 Å². The molecule has 0 aliphatic carbocycles. The Morgan fingerprint density at radius 3 is 2.42 bits per heavy atom. The number of hydrogen-bond donors (Lipinski definition) is 2. The van der Waals surface area contributed by atoms with Crippen molar-refractivity contribution < 1.29 is 43.5 Å². The quantitative estimate of drug-likeness (QED) is 0.257. The summed E-state index contributed by atoms with van der Waals surface area (Å²) in [6, 6.07) is 9.12. The zero-order chi connectivity index (χ0) is 43.1. The third kappa shape index (κ3) is 8.78. The number of fused-ring (bicyclic) bond motifs is 2. The van der Waals surface area contributed by atoms with Crippen molar-refractivity contribution >= 4 is 28.7 Å². The highest BCUT2D eigenvalue weighted by Gasteiger charge is 2.63. The highest BCUT2D eigenvalue weighted by Crippen LogP contribution is 2.46. The first kappa shape index (κ1) is 45.3. The lowest BCUT2D eigenvalue weighted by atomic mass is 9.71. The number of amides is 1. The van der Waals surface area contributed by atoms with E-state index in [2.05, 4.69) is 47.8 Å². The predicted molar refractivity (Wildman–Crippen MR) is 223 cm³/mol. The Kier molecular flexibility index (Phi) is 13.8. The first-order chi connectivity index (χ1) is 27.8. The zero-order valence-corrected chi connectivity index (χ0v) is 37.0. The number of hydrazine groups is 1. The molecule has 14 heteroatoms. The molecule has 4 saturated heterocycles. The number of likely N-dealkylation sites (N-methyl/N-ethyl adjacent to an activating group) is 1. The third-order valence-corrected chi connectivity index (χ3v) is 13.9. The summed E-state index contributed by atoms with van der Waals surface area (Å²) in [6.07, 6.45) is -0.469. The number of pyridine rings is 1. The van der Waals surface area contributed by atoms with Gasteiger partial charge in [0.05, 0.1) is 36.0 Å². The van der Waals surface area contributed by atoms with E-state index in [1.54, 1.807) is 18.9 Å². The molecule has 1 aromatic heterocycles. The van der Waals surface area contributed by atoms with E-state index in [9.17, 15) is 24.6 Å². The van der Waals surface area contributed by atoms with Gasteiger partial charge in [0.2, 0.25) is 0 Å². The highest BCUT2D eigenvalue weighted by atomic mass is 16.7. The van der Waals surface area contributed by atoms with Crippen LogP contribution in [0.25, 0.3) is 10.9 Å². The molecule has 59 heavy (non-hydrogen) atoms. The van der Waals surface area contributed by atoms with E-state index >= 15 is 0 Å². The number of para-hydroxylation sites is 1. The van der Waals surface area contributed by atoms with Gasteiger partial charge in [-0.3, -0.25) is 19.5 Å². The van der Waals surface area contributed by atoms with Crippen LogP contribution in [0.15, 0.2) is 36.5 Å². The summed E-state index contributed by atoms with van der Waals surface area (Å²) in [4.78, 5) is 51.6. The van der Waals surface area contributed by atoms with Crippen LogP contribution in [0.3, 0.4) is 0 Å². The Labute approximate surface area is 350 Å². The zero-order valence-electron chi connectivity index (χ0n) is 37.0. The maximum absolute atomic E-state index is 14.4. The van der Waals surface area contributed by atoms with Crippen molar-refractivity contribution in [2.75, 3.05) is 33.9 Å². The van der Waals surface area contributed by atoms with Gasteiger partial charge in [0.15, 0.2) is 17.7 Å². The molecule has 5 heterocycles. The fourth-order valence-electron chi connectivity index (χ4n) is 11.0. The largest absolute Gasteiger partial charge is 0.458 e. The number of carbonyl (C=O) groups excluding carboxylic acids is 3. The average molecular weight is 824 g/mol. The van der Waals surface area contributed by atoms with Crippen LogP contribution >= 0.6 is 0 Å². The van der Waals surface area contributed by atoms with Crippen LogP contribution in [0.5, 0.6) is 0 Å². The first-order valence-corrected chi connectivity index (χ1v) is 21.8. The lowest BCUT2D eigenvalue weighted by molar-refractivity contribution is -0.293. The Hall–Kier alpha value is -3.24. The van der Waals surface area contributed by atoms with Gasteiger partial charge in [-0.1, -0.05) is 52.8 Å². The lowest BCUT2D eigenvalue weighted by Gasteiger charge is -2.48. The summed E-state index contributed by atoms with van der Waals surface area (Å²) in [5.41, 5.74) is -0.770. The predicted octanol–water partition coefficient (Wildman–Crippen LogP) is 5.03. The molecule has 2 N–H and O–H groups in total. The molecule has 1 amide bonds. The number of benzene rings is 1. The van der Waals surface area contributed by atoms with Crippen LogP contribution < -0.4 is 0 Å². The van der Waals surface area contributed by atoms with Gasteiger partial charge in [-0.2, -0.15) is 0 Å². The molecule has 4 aliphatic rings. The molecule has 2 bridgehead atoms. The second-order valence-corrected chi connectivity index (χ2v) is 18.5. The minimum Gasteiger partial charge on any atom is -0.458 e. The van der Waals surface area contributed by atoms with E-state index in [4.69, 9.17) is 18.9 Å². The highest BCUT2D eigenvalue weighted by molar-refractivity contribution is 6.00. The van der Waals surface area contributed by atoms with Gasteiger partial charge in [0.1, 0.15) is 18.1 Å². The molecule has 6 rings (SSSR count). The van der Waals surface area contributed by atoms with Gasteiger partial charge in [-0.25, -0.2) is 14.8 Å². The molecule has 14 atom stereocenters. The number of Topliss-reactive ketones (excluding diaryl/α,β-unsaturated/α-hetero) is 1. The van der Waals surface area contributed by atoms with Gasteiger partial charge in [0.25, 0.3) is 0 Å². The van der Waals surface area contributed by atoms with E-state index < -0.39 is 71.5 Å². The van der Waals surface area contributed by atoms with E-state index in [-0.39, 0.29) is 36.4 Å². The molecule has 14 nitrogen and oxygen atoms in total. The van der Waals surface area contributed by atoms with Crippen molar-refractivity contribution in [3.05, 3.63) is 42.1 Å². The molecule has 2 aromatic rings. The van der Waals surface area contributed by atoms with Crippen molar-refractivity contribution in [2.24, 2.45) is 23.7 Å². The lowest BCUT2D eigenvalue weighted by Crippen LogP contribution is -2.61. The molecule has 4 fully saturated rings. The Morgan fingerprint density at radius 1 is 1.03 bits per heavy atom. The number of aliphatic hydroxyl groups is 2. The third-order valence-electron chi connectivity index (χ3n) is 13.9. The molecule has 0 radical (unpaired) electrons. The number of aliphatic hydroxyl groups excluding tert-OH is 1. The maximum Gasteiger partial charge on any atom is 0.425 e. The number of aromatic nitrogens is 1. The standard InChI is InChI=1S/C45H69N5O9/c1-12-35-45(9)39-28(5)36(48(13-2)25-49(50(39)43(54)59-45)22-16-17-31-20-21-46-33-19-15-14-18-32(31)33)26(3)24-44(8,55)40(29(6)37(51)30(7)41(53)57-35)58-42-38(52)34(47(10)11)23-27(4)56-42/h14-15,18-21,26-30,34-36,38-40,42,52,55H,12-13,16-17,22-25H2,1-11H3/t26-,27-,28-,29+,30-,34+,35+,36?,38-,39-,40-,42+,44+,45-/m1/s1. The Morgan fingerprint density at radius 2 is 1.75 bits per heavy atom. The molecule has 1 aromatic carbocycles. The number of ketones is 1. The van der Waals surface area contributed by atoms with Crippen LogP contribution in [0.2, 0.25) is 0 Å². The molecule has 4 aliphatic heterocycles. The number of esters is 1. The van der Waals surface area contributed by atoms with E-state index in [1.807, 2.05) is 64.2 Å². The maximum atomic E-state index is 14.4. The second-order valence-electron chi connectivity index (χ2n) is 18.5. The van der Waals surface area contributed by atoms with Crippen molar-refractivity contribution in [3.63, 3.8) is 0 Å². The second kappa shape index (κ2) is 18.0. The smallest absolute Gasteiger partial charge is 0.425 e. The summed E-state index contributed by atoms with van der Waals surface area (Å²) < 4.78 is 25.4. The summed E-state index contributed by atoms with van der Waals surface area (Å²) in [5, 5.41) is 29.2. The van der Waals surface area contributed by atoms with Gasteiger partial charge in [-0.05, 0) is 110 Å². The van der Waals surface area contributed by atoms with Crippen molar-refractivity contribution in [2.45, 2.75) is 154 Å². The number of rotatable bonds is 9.